The number of rotatable bonds is 6. The van der Waals surface area contributed by atoms with Gasteiger partial charge in [-0.1, -0.05) is 36.4 Å². The van der Waals surface area contributed by atoms with Crippen molar-refractivity contribution in [2.45, 2.75) is 26.4 Å². The summed E-state index contributed by atoms with van der Waals surface area (Å²) in [5.74, 6) is 0.703. The molecular weight excluding hydrogens is 253 g/mol. The first-order valence-electron chi connectivity index (χ1n) is 6.91. The fraction of sp³-hybridized carbons (Fsp3) is 0.294. The molecule has 20 heavy (non-hydrogen) atoms. The molecule has 0 aromatic heterocycles. The number of hydrogen-bond donors (Lipinski definition) is 1. The minimum atomic E-state index is -0.175. The number of hydrogen-bond acceptors (Lipinski definition) is 2. The third kappa shape index (κ3) is 3.58. The van der Waals surface area contributed by atoms with Gasteiger partial charge in [-0.05, 0) is 26.0 Å². The zero-order chi connectivity index (χ0) is 14.4. The molecule has 0 unspecified atom stereocenters. The van der Waals surface area contributed by atoms with Crippen LogP contribution in [0.1, 0.15) is 31.0 Å². The zero-order valence-electron chi connectivity index (χ0n) is 11.9. The van der Waals surface area contributed by atoms with Gasteiger partial charge in [-0.25, -0.2) is 4.39 Å². The molecule has 1 atom stereocenters. The number of benzene rings is 2. The molecule has 1 N–H and O–H groups in total. The maximum absolute atomic E-state index is 13.7. The van der Waals surface area contributed by atoms with Gasteiger partial charge in [0.15, 0.2) is 0 Å². The summed E-state index contributed by atoms with van der Waals surface area (Å²) in [5, 5.41) is 3.33. The second-order valence-corrected chi connectivity index (χ2v) is 4.66. The molecule has 2 aromatic rings. The van der Waals surface area contributed by atoms with Crippen molar-refractivity contribution < 1.29 is 9.13 Å². The normalized spacial score (nSPS) is 12.2. The van der Waals surface area contributed by atoms with Crippen LogP contribution >= 0.6 is 0 Å². The Kier molecular flexibility index (Phi) is 5.13. The highest BCUT2D eigenvalue weighted by Gasteiger charge is 2.10. The van der Waals surface area contributed by atoms with Crippen molar-refractivity contribution in [1.29, 1.82) is 0 Å². The predicted molar refractivity (Wildman–Crippen MR) is 79.3 cm³/mol. The maximum Gasteiger partial charge on any atom is 0.127 e. The SMILES string of the molecule is CCOc1ccccc1CN[C@H](C)c1ccccc1F. The van der Waals surface area contributed by atoms with Gasteiger partial charge in [0.05, 0.1) is 6.61 Å². The summed E-state index contributed by atoms with van der Waals surface area (Å²) in [5.41, 5.74) is 1.76. The molecular formula is C17H20FNO. The van der Waals surface area contributed by atoms with E-state index in [4.69, 9.17) is 4.74 Å². The van der Waals surface area contributed by atoms with E-state index in [1.807, 2.05) is 44.2 Å². The van der Waals surface area contributed by atoms with Gasteiger partial charge in [-0.3, -0.25) is 0 Å². The van der Waals surface area contributed by atoms with Gasteiger partial charge < -0.3 is 10.1 Å². The highest BCUT2D eigenvalue weighted by Crippen LogP contribution is 2.20. The lowest BCUT2D eigenvalue weighted by atomic mass is 10.1. The van der Waals surface area contributed by atoms with Crippen LogP contribution in [0, 0.1) is 5.82 Å². The smallest absolute Gasteiger partial charge is 0.127 e. The fourth-order valence-corrected chi connectivity index (χ4v) is 2.15. The Labute approximate surface area is 119 Å². The molecule has 2 nitrogen and oxygen atoms in total. The average Bonchev–Trinajstić information content (AvgIpc) is 2.47. The van der Waals surface area contributed by atoms with E-state index in [0.717, 1.165) is 11.3 Å². The minimum Gasteiger partial charge on any atom is -0.494 e. The van der Waals surface area contributed by atoms with E-state index in [0.29, 0.717) is 18.7 Å². The van der Waals surface area contributed by atoms with Gasteiger partial charge in [0, 0.05) is 23.7 Å². The van der Waals surface area contributed by atoms with Gasteiger partial charge in [-0.15, -0.1) is 0 Å². The van der Waals surface area contributed by atoms with Crippen molar-refractivity contribution in [1.82, 2.24) is 5.32 Å². The lowest BCUT2D eigenvalue weighted by molar-refractivity contribution is 0.334. The molecule has 0 spiro atoms. The second kappa shape index (κ2) is 7.06. The Hall–Kier alpha value is -1.87. The Morgan fingerprint density at radius 1 is 1.10 bits per heavy atom. The van der Waals surface area contributed by atoms with Gasteiger partial charge >= 0.3 is 0 Å². The first-order chi connectivity index (χ1) is 9.72. The summed E-state index contributed by atoms with van der Waals surface area (Å²) in [7, 11) is 0. The van der Waals surface area contributed by atoms with Crippen molar-refractivity contribution >= 4 is 0 Å². The molecule has 0 aliphatic heterocycles. The summed E-state index contributed by atoms with van der Waals surface area (Å²) in [4.78, 5) is 0. The van der Waals surface area contributed by atoms with E-state index in [1.54, 1.807) is 12.1 Å². The van der Waals surface area contributed by atoms with Crippen LogP contribution in [0.3, 0.4) is 0 Å². The quantitative estimate of drug-likeness (QED) is 0.856. The molecule has 2 rings (SSSR count). The van der Waals surface area contributed by atoms with E-state index in [2.05, 4.69) is 5.32 Å². The number of ether oxygens (including phenoxy) is 1. The first-order valence-corrected chi connectivity index (χ1v) is 6.91. The largest absolute Gasteiger partial charge is 0.494 e. The molecule has 0 saturated carbocycles. The van der Waals surface area contributed by atoms with E-state index >= 15 is 0 Å². The topological polar surface area (TPSA) is 21.3 Å². The van der Waals surface area contributed by atoms with Crippen molar-refractivity contribution in [3.8, 4) is 5.75 Å². The number of para-hydroxylation sites is 1. The zero-order valence-corrected chi connectivity index (χ0v) is 11.9. The molecule has 0 aliphatic rings. The summed E-state index contributed by atoms with van der Waals surface area (Å²) < 4.78 is 19.3. The van der Waals surface area contributed by atoms with Crippen LogP contribution in [0.2, 0.25) is 0 Å². The molecule has 0 saturated heterocycles. The molecule has 0 radical (unpaired) electrons. The second-order valence-electron chi connectivity index (χ2n) is 4.66. The monoisotopic (exact) mass is 273 g/mol. The molecule has 0 amide bonds. The summed E-state index contributed by atoms with van der Waals surface area (Å²) in [6, 6.07) is 14.7. The predicted octanol–water partition coefficient (Wildman–Crippen LogP) is 4.08. The summed E-state index contributed by atoms with van der Waals surface area (Å²) >= 11 is 0. The van der Waals surface area contributed by atoms with Crippen LogP contribution in [0.15, 0.2) is 48.5 Å². The van der Waals surface area contributed by atoms with Crippen LogP contribution < -0.4 is 10.1 Å². The lowest BCUT2D eigenvalue weighted by Gasteiger charge is -2.16. The van der Waals surface area contributed by atoms with E-state index in [9.17, 15) is 4.39 Å². The van der Waals surface area contributed by atoms with E-state index in [-0.39, 0.29) is 11.9 Å². The van der Waals surface area contributed by atoms with E-state index < -0.39 is 0 Å². The molecule has 0 aliphatic carbocycles. The highest BCUT2D eigenvalue weighted by atomic mass is 19.1. The van der Waals surface area contributed by atoms with Crippen molar-refractivity contribution in [2.24, 2.45) is 0 Å². The molecule has 2 aromatic carbocycles. The summed E-state index contributed by atoms with van der Waals surface area (Å²) in [6.45, 7) is 5.21. The van der Waals surface area contributed by atoms with Gasteiger partial charge in [-0.2, -0.15) is 0 Å². The maximum atomic E-state index is 13.7. The van der Waals surface area contributed by atoms with Crippen molar-refractivity contribution in [2.75, 3.05) is 6.61 Å². The van der Waals surface area contributed by atoms with Crippen LogP contribution in [-0.2, 0) is 6.54 Å². The number of nitrogens with one attached hydrogen (secondary N) is 1. The lowest BCUT2D eigenvalue weighted by Crippen LogP contribution is -2.19. The van der Waals surface area contributed by atoms with Gasteiger partial charge in [0.25, 0.3) is 0 Å². The van der Waals surface area contributed by atoms with Crippen molar-refractivity contribution in [3.63, 3.8) is 0 Å². The number of halogens is 1. The van der Waals surface area contributed by atoms with Crippen LogP contribution in [0.5, 0.6) is 5.75 Å². The fourth-order valence-electron chi connectivity index (χ4n) is 2.15. The Morgan fingerprint density at radius 2 is 1.80 bits per heavy atom. The molecule has 0 heterocycles. The standard InChI is InChI=1S/C17H20FNO/c1-3-20-17-11-7-4-8-14(17)12-19-13(2)15-9-5-6-10-16(15)18/h4-11,13,19H,3,12H2,1-2H3/t13-/m1/s1. The molecule has 0 bridgehead atoms. The molecule has 0 fully saturated rings. The Bertz CT molecular complexity index is 556. The first kappa shape index (κ1) is 14.5. The molecule has 106 valence electrons. The highest BCUT2D eigenvalue weighted by molar-refractivity contribution is 5.33. The van der Waals surface area contributed by atoms with Crippen LogP contribution in [0.4, 0.5) is 4.39 Å². The Balaban J connectivity index is 2.04. The third-order valence-corrected chi connectivity index (χ3v) is 3.24. The Morgan fingerprint density at radius 3 is 2.55 bits per heavy atom. The van der Waals surface area contributed by atoms with Crippen LogP contribution in [-0.4, -0.2) is 6.61 Å². The summed E-state index contributed by atoms with van der Waals surface area (Å²) in [6.07, 6.45) is 0. The average molecular weight is 273 g/mol. The van der Waals surface area contributed by atoms with Gasteiger partial charge in [0.2, 0.25) is 0 Å². The van der Waals surface area contributed by atoms with Crippen LogP contribution in [0.25, 0.3) is 0 Å². The minimum absolute atomic E-state index is 0.0501. The van der Waals surface area contributed by atoms with Gasteiger partial charge in [0.1, 0.15) is 11.6 Å². The van der Waals surface area contributed by atoms with E-state index in [1.165, 1.54) is 6.07 Å². The third-order valence-electron chi connectivity index (χ3n) is 3.24. The van der Waals surface area contributed by atoms with Crippen molar-refractivity contribution in [3.05, 3.63) is 65.5 Å². The molecule has 3 heteroatoms.